The number of rotatable bonds is 6. The number of nitrogens with zero attached hydrogens (tertiary/aromatic N) is 1. The maximum atomic E-state index is 13.4. The maximum absolute atomic E-state index is 13.4. The number of benzene rings is 1. The van der Waals surface area contributed by atoms with Crippen LogP contribution in [0.3, 0.4) is 0 Å². The van der Waals surface area contributed by atoms with Gasteiger partial charge in [-0.2, -0.15) is 0 Å². The quantitative estimate of drug-likeness (QED) is 0.888. The van der Waals surface area contributed by atoms with Crippen molar-refractivity contribution in [2.75, 3.05) is 14.2 Å². The molecule has 5 heteroatoms. The average molecular weight is 290 g/mol. The molecule has 21 heavy (non-hydrogen) atoms. The number of methoxy groups -OCH3 is 1. The predicted octanol–water partition coefficient (Wildman–Crippen LogP) is 3.09. The van der Waals surface area contributed by atoms with E-state index in [-0.39, 0.29) is 11.9 Å². The second-order valence-electron chi connectivity index (χ2n) is 4.65. The molecule has 0 amide bonds. The molecule has 1 aromatic carbocycles. The molecule has 1 atom stereocenters. The summed E-state index contributed by atoms with van der Waals surface area (Å²) in [6.07, 6.45) is 0. The Balaban J connectivity index is 2.15. The van der Waals surface area contributed by atoms with Crippen molar-refractivity contribution in [3.05, 3.63) is 53.5 Å². The lowest BCUT2D eigenvalue weighted by atomic mass is 10.1. The minimum absolute atomic E-state index is 0.00558. The fourth-order valence-electron chi connectivity index (χ4n) is 1.95. The van der Waals surface area contributed by atoms with Crippen molar-refractivity contribution in [1.29, 1.82) is 0 Å². The second kappa shape index (κ2) is 7.04. The molecule has 0 aliphatic heterocycles. The third-order valence-corrected chi connectivity index (χ3v) is 3.24. The Morgan fingerprint density at radius 1 is 1.29 bits per heavy atom. The van der Waals surface area contributed by atoms with Crippen LogP contribution in [0.5, 0.6) is 11.6 Å². The third-order valence-electron chi connectivity index (χ3n) is 3.24. The van der Waals surface area contributed by atoms with E-state index in [4.69, 9.17) is 9.47 Å². The molecule has 4 nitrogen and oxygen atoms in total. The molecule has 0 saturated carbocycles. The van der Waals surface area contributed by atoms with Crippen molar-refractivity contribution in [3.63, 3.8) is 0 Å². The smallest absolute Gasteiger partial charge is 0.213 e. The van der Waals surface area contributed by atoms with Gasteiger partial charge in [-0.15, -0.1) is 0 Å². The van der Waals surface area contributed by atoms with Crippen LogP contribution in [0.25, 0.3) is 0 Å². The minimum atomic E-state index is -0.279. The van der Waals surface area contributed by atoms with Gasteiger partial charge >= 0.3 is 0 Å². The third kappa shape index (κ3) is 3.92. The molecule has 1 aromatic heterocycles. The molecular formula is C16H19FN2O2. The number of halogens is 1. The molecule has 1 N–H and O–H groups in total. The first-order chi connectivity index (χ1) is 10.1. The number of nitrogens with one attached hydrogen (secondary N) is 1. The van der Waals surface area contributed by atoms with E-state index in [0.29, 0.717) is 18.2 Å². The van der Waals surface area contributed by atoms with Gasteiger partial charge in [-0.25, -0.2) is 9.37 Å². The summed E-state index contributed by atoms with van der Waals surface area (Å²) in [5.74, 6) is 0.904. The summed E-state index contributed by atoms with van der Waals surface area (Å²) in [5.41, 5.74) is 1.53. The van der Waals surface area contributed by atoms with E-state index >= 15 is 0 Å². The van der Waals surface area contributed by atoms with Crippen molar-refractivity contribution in [1.82, 2.24) is 10.3 Å². The van der Waals surface area contributed by atoms with Crippen LogP contribution >= 0.6 is 0 Å². The standard InChI is InChI=1S/C16H19FN2O2/c1-11(18-2)14-9-12(17)7-8-15(14)21-10-13-5-4-6-16(19-13)20-3/h4-9,11,18H,10H2,1-3H3. The summed E-state index contributed by atoms with van der Waals surface area (Å²) >= 11 is 0. The van der Waals surface area contributed by atoms with Crippen molar-refractivity contribution >= 4 is 0 Å². The fourth-order valence-corrected chi connectivity index (χ4v) is 1.95. The first kappa shape index (κ1) is 15.3. The van der Waals surface area contributed by atoms with E-state index in [0.717, 1.165) is 11.3 Å². The fraction of sp³-hybridized carbons (Fsp3) is 0.312. The molecule has 0 aliphatic rings. The molecule has 1 unspecified atom stereocenters. The minimum Gasteiger partial charge on any atom is -0.487 e. The number of hydrogen-bond donors (Lipinski definition) is 1. The zero-order chi connectivity index (χ0) is 15.2. The van der Waals surface area contributed by atoms with Crippen molar-refractivity contribution in [2.45, 2.75) is 19.6 Å². The SMILES string of the molecule is CNC(C)c1cc(F)ccc1OCc1cccc(OC)n1. The van der Waals surface area contributed by atoms with Crippen LogP contribution in [0.15, 0.2) is 36.4 Å². The summed E-state index contributed by atoms with van der Waals surface area (Å²) in [4.78, 5) is 4.28. The van der Waals surface area contributed by atoms with E-state index in [1.54, 1.807) is 19.2 Å². The average Bonchev–Trinajstić information content (AvgIpc) is 2.53. The van der Waals surface area contributed by atoms with Gasteiger partial charge in [0.2, 0.25) is 5.88 Å². The molecule has 112 valence electrons. The molecule has 0 saturated heterocycles. The van der Waals surface area contributed by atoms with E-state index in [1.165, 1.54) is 12.1 Å². The topological polar surface area (TPSA) is 43.4 Å². The largest absolute Gasteiger partial charge is 0.487 e. The lowest BCUT2D eigenvalue weighted by Crippen LogP contribution is -2.14. The van der Waals surface area contributed by atoms with Crippen LogP contribution in [-0.4, -0.2) is 19.1 Å². The molecular weight excluding hydrogens is 271 g/mol. The molecule has 0 aliphatic carbocycles. The van der Waals surface area contributed by atoms with E-state index in [1.807, 2.05) is 26.1 Å². The molecule has 2 rings (SSSR count). The van der Waals surface area contributed by atoms with E-state index < -0.39 is 0 Å². The lowest BCUT2D eigenvalue weighted by molar-refractivity contribution is 0.292. The molecule has 2 aromatic rings. The summed E-state index contributed by atoms with van der Waals surface area (Å²) in [7, 11) is 3.39. The molecule has 1 heterocycles. The van der Waals surface area contributed by atoms with Gasteiger partial charge in [0.05, 0.1) is 12.8 Å². The predicted molar refractivity (Wildman–Crippen MR) is 79.0 cm³/mol. The Morgan fingerprint density at radius 3 is 2.81 bits per heavy atom. The van der Waals surface area contributed by atoms with Gasteiger partial charge in [0, 0.05) is 17.7 Å². The molecule has 0 radical (unpaired) electrons. The zero-order valence-corrected chi connectivity index (χ0v) is 12.4. The van der Waals surface area contributed by atoms with Gasteiger partial charge in [0.15, 0.2) is 0 Å². The van der Waals surface area contributed by atoms with Crippen LogP contribution in [-0.2, 0) is 6.61 Å². The summed E-state index contributed by atoms with van der Waals surface area (Å²) in [6.45, 7) is 2.25. The van der Waals surface area contributed by atoms with Gasteiger partial charge in [-0.05, 0) is 38.2 Å². The van der Waals surface area contributed by atoms with Gasteiger partial charge in [0.25, 0.3) is 0 Å². The summed E-state index contributed by atoms with van der Waals surface area (Å²) < 4.78 is 24.2. The van der Waals surface area contributed by atoms with Gasteiger partial charge in [-0.1, -0.05) is 6.07 Å². The van der Waals surface area contributed by atoms with Crippen LogP contribution in [0.4, 0.5) is 4.39 Å². The normalized spacial score (nSPS) is 12.0. The Labute approximate surface area is 123 Å². The first-order valence-corrected chi connectivity index (χ1v) is 6.73. The highest BCUT2D eigenvalue weighted by atomic mass is 19.1. The molecule has 0 bridgehead atoms. The highest BCUT2D eigenvalue weighted by Gasteiger charge is 2.12. The van der Waals surface area contributed by atoms with E-state index in [9.17, 15) is 4.39 Å². The second-order valence-corrected chi connectivity index (χ2v) is 4.65. The molecule has 0 spiro atoms. The Morgan fingerprint density at radius 2 is 2.10 bits per heavy atom. The lowest BCUT2D eigenvalue weighted by Gasteiger charge is -2.16. The highest BCUT2D eigenvalue weighted by molar-refractivity contribution is 5.36. The molecule has 0 fully saturated rings. The van der Waals surface area contributed by atoms with Gasteiger partial charge in [-0.3, -0.25) is 0 Å². The number of pyridine rings is 1. The van der Waals surface area contributed by atoms with E-state index in [2.05, 4.69) is 10.3 Å². The number of ether oxygens (including phenoxy) is 2. The van der Waals surface area contributed by atoms with Gasteiger partial charge in [0.1, 0.15) is 18.2 Å². The summed E-state index contributed by atoms with van der Waals surface area (Å²) in [5, 5.41) is 3.08. The van der Waals surface area contributed by atoms with Crippen LogP contribution in [0, 0.1) is 5.82 Å². The monoisotopic (exact) mass is 290 g/mol. The summed E-state index contributed by atoms with van der Waals surface area (Å²) in [6, 6.07) is 9.98. The van der Waals surface area contributed by atoms with Crippen LogP contribution in [0.1, 0.15) is 24.2 Å². The van der Waals surface area contributed by atoms with Crippen molar-refractivity contribution in [2.24, 2.45) is 0 Å². The highest BCUT2D eigenvalue weighted by Crippen LogP contribution is 2.26. The van der Waals surface area contributed by atoms with Crippen molar-refractivity contribution < 1.29 is 13.9 Å². The Hall–Kier alpha value is -2.14. The number of aromatic nitrogens is 1. The zero-order valence-electron chi connectivity index (χ0n) is 12.4. The van der Waals surface area contributed by atoms with Gasteiger partial charge < -0.3 is 14.8 Å². The van der Waals surface area contributed by atoms with Crippen molar-refractivity contribution in [3.8, 4) is 11.6 Å². The Kier molecular flexibility index (Phi) is 5.11. The van der Waals surface area contributed by atoms with Crippen LogP contribution < -0.4 is 14.8 Å². The maximum Gasteiger partial charge on any atom is 0.213 e. The first-order valence-electron chi connectivity index (χ1n) is 6.73. The Bertz CT molecular complexity index is 605. The van der Waals surface area contributed by atoms with Crippen LogP contribution in [0.2, 0.25) is 0 Å². The number of hydrogen-bond acceptors (Lipinski definition) is 4.